The van der Waals surface area contributed by atoms with Crippen molar-refractivity contribution in [2.24, 2.45) is 5.10 Å². The molecule has 0 saturated carbocycles. The van der Waals surface area contributed by atoms with Gasteiger partial charge in [-0.3, -0.25) is 4.79 Å². The van der Waals surface area contributed by atoms with Gasteiger partial charge in [0.2, 0.25) is 0 Å². The Morgan fingerprint density at radius 2 is 1.82 bits per heavy atom. The number of anilines is 1. The summed E-state index contributed by atoms with van der Waals surface area (Å²) in [7, 11) is 1.71. The zero-order valence-corrected chi connectivity index (χ0v) is 16.3. The number of benzene rings is 2. The number of para-hydroxylation sites is 2. The van der Waals surface area contributed by atoms with E-state index in [1.165, 1.54) is 4.90 Å². The lowest BCUT2D eigenvalue weighted by Crippen LogP contribution is -3.15. The molecule has 28 heavy (non-hydrogen) atoms. The number of methoxy groups -OCH3 is 1. The third-order valence-electron chi connectivity index (χ3n) is 5.57. The van der Waals surface area contributed by atoms with Crippen LogP contribution in [0.15, 0.2) is 59.7 Å². The smallest absolute Gasteiger partial charge is 0.298 e. The fraction of sp³-hybridized carbons (Fsp3) is 0.364. The number of ether oxygens (including phenoxy) is 1. The molecule has 1 atom stereocenters. The standard InChI is InChI=1S/C22H26N4O2/c1-28-21-10-6-5-9-20(21)25-15-13-24(14-16-25)17-22(27)26-19(11-12-23-26)18-7-3-2-4-8-18/h2-10,12,19H,11,13-17H2,1H3/p+1/t19-/m1/s1. The zero-order chi connectivity index (χ0) is 19.3. The Labute approximate surface area is 166 Å². The van der Waals surface area contributed by atoms with Crippen LogP contribution in [0.2, 0.25) is 0 Å². The number of quaternary nitrogens is 1. The molecule has 146 valence electrons. The van der Waals surface area contributed by atoms with Crippen molar-refractivity contribution in [3.63, 3.8) is 0 Å². The first-order valence-electron chi connectivity index (χ1n) is 9.87. The number of nitrogens with zero attached hydrogens (tertiary/aromatic N) is 3. The molecule has 4 rings (SSSR count). The lowest BCUT2D eigenvalue weighted by Gasteiger charge is -2.34. The molecule has 1 amide bonds. The van der Waals surface area contributed by atoms with E-state index in [9.17, 15) is 4.79 Å². The van der Waals surface area contributed by atoms with Crippen molar-refractivity contribution in [1.29, 1.82) is 0 Å². The third-order valence-corrected chi connectivity index (χ3v) is 5.57. The maximum absolute atomic E-state index is 12.9. The van der Waals surface area contributed by atoms with Crippen LogP contribution in [-0.4, -0.2) is 57.0 Å². The SMILES string of the molecule is COc1ccccc1N1CC[NH+](CC(=O)N2N=CC[C@@H]2c2ccccc2)CC1. The Balaban J connectivity index is 1.34. The van der Waals surface area contributed by atoms with Crippen LogP contribution in [-0.2, 0) is 4.79 Å². The molecular weight excluding hydrogens is 352 g/mol. The molecule has 6 heteroatoms. The van der Waals surface area contributed by atoms with Gasteiger partial charge in [-0.05, 0) is 17.7 Å². The van der Waals surface area contributed by atoms with Gasteiger partial charge in [0, 0.05) is 12.6 Å². The molecule has 1 saturated heterocycles. The van der Waals surface area contributed by atoms with Gasteiger partial charge in [-0.2, -0.15) is 5.10 Å². The molecule has 0 aromatic heterocycles. The van der Waals surface area contributed by atoms with E-state index >= 15 is 0 Å². The van der Waals surface area contributed by atoms with E-state index in [2.05, 4.69) is 28.2 Å². The van der Waals surface area contributed by atoms with E-state index in [4.69, 9.17) is 4.74 Å². The fourth-order valence-electron chi connectivity index (χ4n) is 4.03. The van der Waals surface area contributed by atoms with E-state index in [0.29, 0.717) is 6.54 Å². The van der Waals surface area contributed by atoms with E-state index in [1.807, 2.05) is 42.6 Å². The zero-order valence-electron chi connectivity index (χ0n) is 16.3. The molecule has 2 aliphatic heterocycles. The maximum Gasteiger partial charge on any atom is 0.298 e. The third kappa shape index (κ3) is 3.87. The first kappa shape index (κ1) is 18.5. The van der Waals surface area contributed by atoms with Crippen LogP contribution in [0, 0.1) is 0 Å². The Bertz CT molecular complexity index is 831. The molecule has 0 unspecified atom stereocenters. The molecule has 0 aliphatic carbocycles. The van der Waals surface area contributed by atoms with E-state index in [1.54, 1.807) is 12.1 Å². The van der Waals surface area contributed by atoms with Gasteiger partial charge in [-0.1, -0.05) is 42.5 Å². The lowest BCUT2D eigenvalue weighted by molar-refractivity contribution is -0.892. The fourth-order valence-corrected chi connectivity index (χ4v) is 4.03. The summed E-state index contributed by atoms with van der Waals surface area (Å²) in [5, 5.41) is 6.04. The number of hydrogen-bond donors (Lipinski definition) is 1. The minimum absolute atomic E-state index is 0.0305. The average Bonchev–Trinajstić information content (AvgIpc) is 3.25. The Morgan fingerprint density at radius 1 is 1.11 bits per heavy atom. The predicted molar refractivity (Wildman–Crippen MR) is 110 cm³/mol. The highest BCUT2D eigenvalue weighted by Gasteiger charge is 2.31. The predicted octanol–water partition coefficient (Wildman–Crippen LogP) is 1.36. The van der Waals surface area contributed by atoms with E-state index in [-0.39, 0.29) is 11.9 Å². The Kier molecular flexibility index (Phi) is 5.58. The first-order chi connectivity index (χ1) is 13.8. The number of hydrazone groups is 1. The van der Waals surface area contributed by atoms with Gasteiger partial charge in [-0.15, -0.1) is 0 Å². The summed E-state index contributed by atoms with van der Waals surface area (Å²) < 4.78 is 5.49. The number of carbonyl (C=O) groups is 1. The normalized spacial score (nSPS) is 19.8. The summed E-state index contributed by atoms with van der Waals surface area (Å²) in [5.41, 5.74) is 2.27. The molecule has 1 N–H and O–H groups in total. The number of carbonyl (C=O) groups excluding carboxylic acids is 1. The second-order valence-corrected chi connectivity index (χ2v) is 7.28. The number of piperazine rings is 1. The monoisotopic (exact) mass is 379 g/mol. The topological polar surface area (TPSA) is 49.6 Å². The Morgan fingerprint density at radius 3 is 2.57 bits per heavy atom. The molecule has 2 heterocycles. The quantitative estimate of drug-likeness (QED) is 0.854. The van der Waals surface area contributed by atoms with Gasteiger partial charge in [0.15, 0.2) is 6.54 Å². The minimum Gasteiger partial charge on any atom is -0.495 e. The Hall–Kier alpha value is -2.86. The maximum atomic E-state index is 12.9. The lowest BCUT2D eigenvalue weighted by atomic mass is 10.0. The van der Waals surface area contributed by atoms with Crippen molar-refractivity contribution in [3.8, 4) is 5.75 Å². The van der Waals surface area contributed by atoms with Crippen molar-refractivity contribution in [2.75, 3.05) is 44.7 Å². The van der Waals surface area contributed by atoms with E-state index < -0.39 is 0 Å². The van der Waals surface area contributed by atoms with E-state index in [0.717, 1.165) is 49.6 Å². The second-order valence-electron chi connectivity index (χ2n) is 7.28. The number of nitrogens with one attached hydrogen (secondary N) is 1. The van der Waals surface area contributed by atoms with Crippen LogP contribution in [0.1, 0.15) is 18.0 Å². The van der Waals surface area contributed by atoms with Crippen LogP contribution in [0.4, 0.5) is 5.69 Å². The van der Waals surface area contributed by atoms with Gasteiger partial charge in [0.1, 0.15) is 5.75 Å². The largest absolute Gasteiger partial charge is 0.495 e. The van der Waals surface area contributed by atoms with Crippen LogP contribution in [0.3, 0.4) is 0 Å². The van der Waals surface area contributed by atoms with Gasteiger partial charge in [0.05, 0.1) is 45.0 Å². The van der Waals surface area contributed by atoms with Crippen LogP contribution in [0.25, 0.3) is 0 Å². The van der Waals surface area contributed by atoms with Crippen molar-refractivity contribution in [3.05, 3.63) is 60.2 Å². The molecular formula is C22H27N4O2+. The summed E-state index contributed by atoms with van der Waals surface area (Å²) >= 11 is 0. The molecule has 0 bridgehead atoms. The summed E-state index contributed by atoms with van der Waals surface area (Å²) in [6.07, 6.45) is 2.64. The van der Waals surface area contributed by atoms with Gasteiger partial charge in [0.25, 0.3) is 5.91 Å². The minimum atomic E-state index is 0.0305. The molecule has 1 fully saturated rings. The highest BCUT2D eigenvalue weighted by atomic mass is 16.5. The van der Waals surface area contributed by atoms with Crippen molar-refractivity contribution >= 4 is 17.8 Å². The highest BCUT2D eigenvalue weighted by Crippen LogP contribution is 2.28. The van der Waals surface area contributed by atoms with Crippen molar-refractivity contribution in [2.45, 2.75) is 12.5 Å². The van der Waals surface area contributed by atoms with Gasteiger partial charge in [-0.25, -0.2) is 5.01 Å². The molecule has 0 radical (unpaired) electrons. The highest BCUT2D eigenvalue weighted by molar-refractivity contribution is 5.80. The van der Waals surface area contributed by atoms with Gasteiger partial charge < -0.3 is 14.5 Å². The molecule has 2 aromatic carbocycles. The van der Waals surface area contributed by atoms with Gasteiger partial charge >= 0.3 is 0 Å². The number of amides is 1. The first-order valence-corrected chi connectivity index (χ1v) is 9.87. The van der Waals surface area contributed by atoms with Crippen molar-refractivity contribution < 1.29 is 14.4 Å². The number of rotatable bonds is 5. The molecule has 6 nitrogen and oxygen atoms in total. The second kappa shape index (κ2) is 8.44. The van der Waals surface area contributed by atoms with Crippen LogP contribution < -0.4 is 14.5 Å². The summed E-state index contributed by atoms with van der Waals surface area (Å²) in [4.78, 5) is 16.6. The van der Waals surface area contributed by atoms with Crippen LogP contribution >= 0.6 is 0 Å². The average molecular weight is 379 g/mol. The molecule has 0 spiro atoms. The summed E-state index contributed by atoms with van der Waals surface area (Å²) in [6, 6.07) is 18.3. The number of hydrogen-bond acceptors (Lipinski definition) is 4. The molecule has 2 aromatic rings. The molecule has 2 aliphatic rings. The van der Waals surface area contributed by atoms with Crippen LogP contribution in [0.5, 0.6) is 5.75 Å². The summed E-state index contributed by atoms with van der Waals surface area (Å²) in [6.45, 7) is 4.16. The summed E-state index contributed by atoms with van der Waals surface area (Å²) in [5.74, 6) is 1.00. The van der Waals surface area contributed by atoms with Crippen molar-refractivity contribution in [1.82, 2.24) is 5.01 Å².